The predicted molar refractivity (Wildman–Crippen MR) is 84.3 cm³/mol. The first-order valence-corrected chi connectivity index (χ1v) is 8.07. The number of aliphatic hydroxyl groups is 1. The number of nitrogens with one attached hydrogen (secondary N) is 1. The molecule has 0 aromatic rings. The Kier molecular flexibility index (Phi) is 6.94. The van der Waals surface area contributed by atoms with Gasteiger partial charge >= 0.3 is 6.09 Å². The van der Waals surface area contributed by atoms with Crippen molar-refractivity contribution in [3.05, 3.63) is 0 Å². The highest BCUT2D eigenvalue weighted by molar-refractivity contribution is 5.68. The summed E-state index contributed by atoms with van der Waals surface area (Å²) in [7, 11) is 0. The molecule has 0 aromatic heterocycles. The number of aliphatic hydroxyl groups excluding tert-OH is 1. The average molecular weight is 300 g/mol. The van der Waals surface area contributed by atoms with Gasteiger partial charge in [-0.2, -0.15) is 0 Å². The lowest BCUT2D eigenvalue weighted by atomic mass is 9.87. The maximum atomic E-state index is 12.0. The van der Waals surface area contributed by atoms with E-state index in [0.717, 1.165) is 32.4 Å². The van der Waals surface area contributed by atoms with Crippen molar-refractivity contribution in [1.29, 1.82) is 0 Å². The molecular formula is C16H32N2O3. The minimum absolute atomic E-state index is 0.205. The standard InChI is InChI=1S/C16H32N2O3/c1-12(2)17-14(8-11-19)13-6-9-18(10-7-13)15(20)21-16(3,4)5/h12-14,17,19H,6-11H2,1-5H3. The van der Waals surface area contributed by atoms with E-state index < -0.39 is 5.60 Å². The van der Waals surface area contributed by atoms with Gasteiger partial charge in [-0.25, -0.2) is 4.79 Å². The van der Waals surface area contributed by atoms with Crippen LogP contribution in [0.5, 0.6) is 0 Å². The third kappa shape index (κ3) is 6.66. The van der Waals surface area contributed by atoms with E-state index in [1.165, 1.54) is 0 Å². The van der Waals surface area contributed by atoms with Crippen LogP contribution in [-0.2, 0) is 4.74 Å². The van der Waals surface area contributed by atoms with Crippen molar-refractivity contribution in [2.45, 2.75) is 71.6 Å². The van der Waals surface area contributed by atoms with E-state index in [0.29, 0.717) is 18.0 Å². The fraction of sp³-hybridized carbons (Fsp3) is 0.938. The van der Waals surface area contributed by atoms with Crippen LogP contribution in [0.25, 0.3) is 0 Å². The molecule has 0 saturated carbocycles. The van der Waals surface area contributed by atoms with Gasteiger partial charge in [0.1, 0.15) is 5.60 Å². The van der Waals surface area contributed by atoms with Crippen molar-refractivity contribution < 1.29 is 14.6 Å². The Morgan fingerprint density at radius 3 is 2.33 bits per heavy atom. The first-order chi connectivity index (χ1) is 9.73. The topological polar surface area (TPSA) is 61.8 Å². The molecule has 5 heteroatoms. The summed E-state index contributed by atoms with van der Waals surface area (Å²) in [6.45, 7) is 11.6. The first kappa shape index (κ1) is 18.2. The summed E-state index contributed by atoms with van der Waals surface area (Å²) in [6.07, 6.45) is 2.49. The van der Waals surface area contributed by atoms with Gasteiger partial charge in [0, 0.05) is 31.8 Å². The van der Waals surface area contributed by atoms with E-state index in [1.54, 1.807) is 4.90 Å². The molecule has 0 radical (unpaired) electrons. The van der Waals surface area contributed by atoms with Crippen LogP contribution in [0.1, 0.15) is 53.9 Å². The number of amides is 1. The van der Waals surface area contributed by atoms with Crippen molar-refractivity contribution in [3.63, 3.8) is 0 Å². The number of hydrogen-bond donors (Lipinski definition) is 2. The third-order valence-corrected chi connectivity index (χ3v) is 3.75. The second-order valence-corrected chi connectivity index (χ2v) is 7.24. The fourth-order valence-electron chi connectivity index (χ4n) is 2.83. The fourth-order valence-corrected chi connectivity index (χ4v) is 2.83. The van der Waals surface area contributed by atoms with Crippen molar-refractivity contribution in [2.75, 3.05) is 19.7 Å². The Balaban J connectivity index is 2.48. The maximum absolute atomic E-state index is 12.0. The largest absolute Gasteiger partial charge is 0.444 e. The molecule has 1 rings (SSSR count). The quantitative estimate of drug-likeness (QED) is 0.818. The van der Waals surface area contributed by atoms with Crippen molar-refractivity contribution >= 4 is 6.09 Å². The van der Waals surface area contributed by atoms with E-state index in [-0.39, 0.29) is 12.7 Å². The van der Waals surface area contributed by atoms with E-state index in [4.69, 9.17) is 4.74 Å². The molecule has 21 heavy (non-hydrogen) atoms. The molecule has 1 heterocycles. The highest BCUT2D eigenvalue weighted by Gasteiger charge is 2.30. The molecule has 1 saturated heterocycles. The van der Waals surface area contributed by atoms with Crippen LogP contribution in [0.4, 0.5) is 4.79 Å². The minimum atomic E-state index is -0.438. The van der Waals surface area contributed by atoms with E-state index >= 15 is 0 Å². The molecule has 1 atom stereocenters. The summed E-state index contributed by atoms with van der Waals surface area (Å²) in [6, 6.07) is 0.737. The van der Waals surface area contributed by atoms with Gasteiger partial charge in [-0.3, -0.25) is 0 Å². The zero-order valence-electron chi connectivity index (χ0n) is 14.2. The molecule has 0 bridgehead atoms. The molecular weight excluding hydrogens is 268 g/mol. The highest BCUT2D eigenvalue weighted by Crippen LogP contribution is 2.24. The lowest BCUT2D eigenvalue weighted by Gasteiger charge is -2.37. The number of rotatable bonds is 5. The summed E-state index contributed by atoms with van der Waals surface area (Å²) in [5.74, 6) is 0.512. The minimum Gasteiger partial charge on any atom is -0.444 e. The van der Waals surface area contributed by atoms with E-state index in [2.05, 4.69) is 19.2 Å². The Morgan fingerprint density at radius 2 is 1.90 bits per heavy atom. The second-order valence-electron chi connectivity index (χ2n) is 7.24. The Morgan fingerprint density at radius 1 is 1.33 bits per heavy atom. The van der Waals surface area contributed by atoms with Gasteiger partial charge in [0.05, 0.1) is 0 Å². The van der Waals surface area contributed by atoms with Crippen LogP contribution in [0.15, 0.2) is 0 Å². The van der Waals surface area contributed by atoms with Gasteiger partial charge in [0.15, 0.2) is 0 Å². The van der Waals surface area contributed by atoms with Crippen LogP contribution < -0.4 is 5.32 Å². The molecule has 1 aliphatic heterocycles. The lowest BCUT2D eigenvalue weighted by Crippen LogP contribution is -2.48. The Bertz CT molecular complexity index is 318. The predicted octanol–water partition coefficient (Wildman–Crippen LogP) is 2.38. The molecule has 0 spiro atoms. The van der Waals surface area contributed by atoms with Crippen LogP contribution in [0.3, 0.4) is 0 Å². The molecule has 0 aliphatic carbocycles. The van der Waals surface area contributed by atoms with Crippen LogP contribution >= 0.6 is 0 Å². The van der Waals surface area contributed by atoms with Crippen LogP contribution in [0, 0.1) is 5.92 Å². The molecule has 2 N–H and O–H groups in total. The highest BCUT2D eigenvalue weighted by atomic mass is 16.6. The summed E-state index contributed by atoms with van der Waals surface area (Å²) >= 11 is 0. The summed E-state index contributed by atoms with van der Waals surface area (Å²) in [4.78, 5) is 13.8. The molecule has 1 amide bonds. The van der Waals surface area contributed by atoms with E-state index in [9.17, 15) is 9.90 Å². The number of ether oxygens (including phenoxy) is 1. The molecule has 1 fully saturated rings. The molecule has 0 aromatic carbocycles. The number of carbonyl (C=O) groups is 1. The van der Waals surface area contributed by atoms with Gasteiger partial charge < -0.3 is 20.1 Å². The lowest BCUT2D eigenvalue weighted by molar-refractivity contribution is 0.0162. The van der Waals surface area contributed by atoms with Crippen LogP contribution in [0.2, 0.25) is 0 Å². The molecule has 5 nitrogen and oxygen atoms in total. The van der Waals surface area contributed by atoms with Gasteiger partial charge in [0.2, 0.25) is 0 Å². The van der Waals surface area contributed by atoms with Crippen molar-refractivity contribution in [2.24, 2.45) is 5.92 Å². The number of nitrogens with zero attached hydrogens (tertiary/aromatic N) is 1. The van der Waals surface area contributed by atoms with Gasteiger partial charge in [-0.1, -0.05) is 13.8 Å². The summed E-state index contributed by atoms with van der Waals surface area (Å²) in [5, 5.41) is 12.8. The monoisotopic (exact) mass is 300 g/mol. The first-order valence-electron chi connectivity index (χ1n) is 8.07. The van der Waals surface area contributed by atoms with Gasteiger partial charge in [0.25, 0.3) is 0 Å². The van der Waals surface area contributed by atoms with E-state index in [1.807, 2.05) is 20.8 Å². The zero-order valence-corrected chi connectivity index (χ0v) is 14.2. The average Bonchev–Trinajstić information content (AvgIpc) is 2.36. The van der Waals surface area contributed by atoms with Crippen LogP contribution in [-0.4, -0.2) is 53.5 Å². The SMILES string of the molecule is CC(C)NC(CCO)C1CCN(C(=O)OC(C)(C)C)CC1. The number of likely N-dealkylation sites (tertiary alicyclic amines) is 1. The van der Waals surface area contributed by atoms with Crippen molar-refractivity contribution in [3.8, 4) is 0 Å². The normalized spacial score (nSPS) is 18.9. The Labute approximate surface area is 129 Å². The summed E-state index contributed by atoms with van der Waals surface area (Å²) in [5.41, 5.74) is -0.438. The number of carbonyl (C=O) groups excluding carboxylic acids is 1. The van der Waals surface area contributed by atoms with Gasteiger partial charge in [-0.15, -0.1) is 0 Å². The molecule has 124 valence electrons. The number of piperidine rings is 1. The smallest absolute Gasteiger partial charge is 0.410 e. The third-order valence-electron chi connectivity index (χ3n) is 3.75. The summed E-state index contributed by atoms with van der Waals surface area (Å²) < 4.78 is 5.42. The molecule has 1 aliphatic rings. The number of hydrogen-bond acceptors (Lipinski definition) is 4. The second kappa shape index (κ2) is 7.99. The maximum Gasteiger partial charge on any atom is 0.410 e. The Hall–Kier alpha value is -0.810. The van der Waals surface area contributed by atoms with Gasteiger partial charge in [-0.05, 0) is 46.0 Å². The molecule has 1 unspecified atom stereocenters. The van der Waals surface area contributed by atoms with Crippen molar-refractivity contribution in [1.82, 2.24) is 10.2 Å². The zero-order chi connectivity index (χ0) is 16.0.